The Morgan fingerprint density at radius 3 is 2.32 bits per heavy atom. The predicted molar refractivity (Wildman–Crippen MR) is 109 cm³/mol. The number of nitro benzene ring substituents is 1. The van der Waals surface area contributed by atoms with Crippen molar-refractivity contribution in [3.05, 3.63) is 62.7 Å². The van der Waals surface area contributed by atoms with Gasteiger partial charge in [0.15, 0.2) is 0 Å². The van der Waals surface area contributed by atoms with Gasteiger partial charge >= 0.3 is 6.18 Å². The summed E-state index contributed by atoms with van der Waals surface area (Å²) in [6, 6.07) is 6.64. The van der Waals surface area contributed by atoms with Crippen LogP contribution < -0.4 is 10.2 Å². The molecule has 0 fully saturated rings. The lowest BCUT2D eigenvalue weighted by Gasteiger charge is -2.21. The molecule has 0 unspecified atom stereocenters. The molecule has 0 aromatic heterocycles. The van der Waals surface area contributed by atoms with Crippen LogP contribution in [-0.2, 0) is 11.0 Å². The van der Waals surface area contributed by atoms with Crippen molar-refractivity contribution in [1.82, 2.24) is 4.90 Å². The predicted octanol–water partition coefficient (Wildman–Crippen LogP) is 4.04. The number of halogens is 4. The number of carbonyl (C=O) groups excluding carboxylic acids is 2. The minimum Gasteiger partial charge on any atom is -0.377 e. The third-order valence-corrected chi connectivity index (χ3v) is 4.52. The molecule has 0 saturated carbocycles. The number of nitrogens with one attached hydrogen (secondary N) is 1. The number of nitro groups is 1. The van der Waals surface area contributed by atoms with Crippen molar-refractivity contribution in [3.63, 3.8) is 0 Å². The summed E-state index contributed by atoms with van der Waals surface area (Å²) in [6.07, 6.45) is -4.70. The summed E-state index contributed by atoms with van der Waals surface area (Å²) >= 11 is 5.55. The number of amides is 2. The van der Waals surface area contributed by atoms with Crippen LogP contribution in [-0.4, -0.2) is 49.3 Å². The van der Waals surface area contributed by atoms with Gasteiger partial charge in [0.2, 0.25) is 5.91 Å². The van der Waals surface area contributed by atoms with Crippen LogP contribution in [0.15, 0.2) is 36.4 Å². The van der Waals surface area contributed by atoms with E-state index in [0.29, 0.717) is 11.8 Å². The lowest BCUT2D eigenvalue weighted by atomic mass is 10.1. The maximum atomic E-state index is 13.0. The number of hydrogen-bond acceptors (Lipinski definition) is 5. The first-order valence-corrected chi connectivity index (χ1v) is 9.07. The second kappa shape index (κ2) is 9.21. The van der Waals surface area contributed by atoms with Gasteiger partial charge in [-0.15, -0.1) is 0 Å². The van der Waals surface area contributed by atoms with Crippen molar-refractivity contribution in [2.45, 2.75) is 6.18 Å². The van der Waals surface area contributed by atoms with Gasteiger partial charge in [0.1, 0.15) is 0 Å². The third kappa shape index (κ3) is 5.85. The molecule has 2 amide bonds. The Kier molecular flexibility index (Phi) is 7.11. The molecule has 8 nitrogen and oxygen atoms in total. The van der Waals surface area contributed by atoms with Gasteiger partial charge in [-0.25, -0.2) is 0 Å². The Morgan fingerprint density at radius 1 is 1.13 bits per heavy atom. The van der Waals surface area contributed by atoms with E-state index in [1.54, 1.807) is 19.0 Å². The van der Waals surface area contributed by atoms with E-state index in [2.05, 4.69) is 5.32 Å². The van der Waals surface area contributed by atoms with Gasteiger partial charge in [-0.3, -0.25) is 19.7 Å². The first-order valence-electron chi connectivity index (χ1n) is 8.69. The van der Waals surface area contributed by atoms with Crippen LogP contribution in [0.3, 0.4) is 0 Å². The molecule has 2 aromatic rings. The van der Waals surface area contributed by atoms with Gasteiger partial charge < -0.3 is 15.1 Å². The Balaban J connectivity index is 2.19. The lowest BCUT2D eigenvalue weighted by Crippen LogP contribution is -2.35. The highest BCUT2D eigenvalue weighted by Crippen LogP contribution is 2.36. The van der Waals surface area contributed by atoms with E-state index < -0.39 is 40.0 Å². The van der Waals surface area contributed by atoms with E-state index in [-0.39, 0.29) is 16.9 Å². The highest BCUT2D eigenvalue weighted by atomic mass is 35.5. The number of anilines is 2. The number of rotatable bonds is 6. The number of nitrogens with zero attached hydrogens (tertiary/aromatic N) is 3. The molecule has 0 atom stereocenters. The summed E-state index contributed by atoms with van der Waals surface area (Å²) in [4.78, 5) is 38.0. The Bertz CT molecular complexity index is 1030. The first-order chi connectivity index (χ1) is 14.3. The summed E-state index contributed by atoms with van der Waals surface area (Å²) in [6.45, 7) is -0.502. The first kappa shape index (κ1) is 23.9. The van der Waals surface area contributed by atoms with E-state index in [4.69, 9.17) is 11.6 Å². The van der Waals surface area contributed by atoms with Crippen molar-refractivity contribution >= 4 is 40.5 Å². The topological polar surface area (TPSA) is 95.8 Å². The van der Waals surface area contributed by atoms with Gasteiger partial charge in [0.25, 0.3) is 11.6 Å². The highest BCUT2D eigenvalue weighted by Gasteiger charge is 2.33. The zero-order valence-corrected chi connectivity index (χ0v) is 17.4. The fraction of sp³-hybridized carbons (Fsp3) is 0.263. The number of likely N-dealkylation sites (N-methyl/N-ethyl adjacent to an activating group) is 1. The number of benzene rings is 2. The molecule has 0 spiro atoms. The standard InChI is InChI=1S/C19H18ClF3N4O4/c1-25(2)16-7-5-12(27(30)31)9-13(16)18(29)26(3)10-17(28)24-11-4-6-15(20)14(8-11)19(21,22)23/h4-9H,10H2,1-3H3,(H,24,28). The van der Waals surface area contributed by atoms with Crippen LogP contribution in [0.5, 0.6) is 0 Å². The van der Waals surface area contributed by atoms with E-state index in [9.17, 15) is 32.9 Å². The average Bonchev–Trinajstić information content (AvgIpc) is 2.67. The van der Waals surface area contributed by atoms with E-state index in [0.717, 1.165) is 17.0 Å². The molecular weight excluding hydrogens is 441 g/mol. The van der Waals surface area contributed by atoms with Gasteiger partial charge in [-0.05, 0) is 24.3 Å². The normalized spacial score (nSPS) is 11.1. The zero-order valence-electron chi connectivity index (χ0n) is 16.7. The summed E-state index contributed by atoms with van der Waals surface area (Å²) < 4.78 is 38.9. The number of hydrogen-bond donors (Lipinski definition) is 1. The van der Waals surface area contributed by atoms with E-state index >= 15 is 0 Å². The number of non-ortho nitro benzene ring substituents is 1. The molecule has 166 valence electrons. The van der Waals surface area contributed by atoms with Crippen LogP contribution in [0.25, 0.3) is 0 Å². The molecule has 0 aliphatic carbocycles. The van der Waals surface area contributed by atoms with Gasteiger partial charge in [-0.1, -0.05) is 11.6 Å². The lowest BCUT2D eigenvalue weighted by molar-refractivity contribution is -0.384. The summed E-state index contributed by atoms with van der Waals surface area (Å²) in [5.41, 5.74) is -1.15. The minimum absolute atomic E-state index is 0.000325. The van der Waals surface area contributed by atoms with Crippen LogP contribution in [0.1, 0.15) is 15.9 Å². The number of alkyl halides is 3. The number of carbonyl (C=O) groups is 2. The van der Waals surface area contributed by atoms with Crippen LogP contribution in [0, 0.1) is 10.1 Å². The molecule has 0 radical (unpaired) electrons. The smallest absolute Gasteiger partial charge is 0.377 e. The molecule has 0 bridgehead atoms. The summed E-state index contributed by atoms with van der Waals surface area (Å²) in [5.74, 6) is -1.43. The fourth-order valence-electron chi connectivity index (χ4n) is 2.71. The molecule has 0 heterocycles. The van der Waals surface area contributed by atoms with Gasteiger partial charge in [0, 0.05) is 44.7 Å². The van der Waals surface area contributed by atoms with Crippen LogP contribution in [0.2, 0.25) is 5.02 Å². The Hall–Kier alpha value is -3.34. The quantitative estimate of drug-likeness (QED) is 0.520. The maximum absolute atomic E-state index is 13.0. The Labute approximate surface area is 180 Å². The highest BCUT2D eigenvalue weighted by molar-refractivity contribution is 6.31. The molecule has 31 heavy (non-hydrogen) atoms. The second-order valence-corrected chi connectivity index (χ2v) is 7.16. The molecule has 12 heteroatoms. The SMILES string of the molecule is CN(CC(=O)Nc1ccc(Cl)c(C(F)(F)F)c1)C(=O)c1cc([N+](=O)[O-])ccc1N(C)C. The maximum Gasteiger partial charge on any atom is 0.417 e. The van der Waals surface area contributed by atoms with Crippen molar-refractivity contribution in [3.8, 4) is 0 Å². The van der Waals surface area contributed by atoms with E-state index in [1.807, 2.05) is 0 Å². The second-order valence-electron chi connectivity index (χ2n) is 6.75. The molecule has 1 N–H and O–H groups in total. The molecule has 2 aromatic carbocycles. The van der Waals surface area contributed by atoms with Crippen molar-refractivity contribution < 1.29 is 27.7 Å². The van der Waals surface area contributed by atoms with E-state index in [1.165, 1.54) is 25.2 Å². The fourth-order valence-corrected chi connectivity index (χ4v) is 2.94. The summed E-state index contributed by atoms with van der Waals surface area (Å²) in [5, 5.41) is 12.8. The molecular formula is C19H18ClF3N4O4. The molecule has 0 saturated heterocycles. The van der Waals surface area contributed by atoms with Gasteiger partial charge in [0.05, 0.1) is 27.6 Å². The van der Waals surface area contributed by atoms with Gasteiger partial charge in [-0.2, -0.15) is 13.2 Å². The largest absolute Gasteiger partial charge is 0.417 e. The van der Waals surface area contributed by atoms with Crippen molar-refractivity contribution in [1.29, 1.82) is 0 Å². The molecule has 0 aliphatic rings. The monoisotopic (exact) mass is 458 g/mol. The van der Waals surface area contributed by atoms with Crippen LogP contribution in [0.4, 0.5) is 30.2 Å². The summed E-state index contributed by atoms with van der Waals surface area (Å²) in [7, 11) is 4.58. The van der Waals surface area contributed by atoms with Crippen molar-refractivity contribution in [2.24, 2.45) is 0 Å². The zero-order chi connectivity index (χ0) is 23.5. The Morgan fingerprint density at radius 2 is 1.77 bits per heavy atom. The minimum atomic E-state index is -4.70. The average molecular weight is 459 g/mol. The van der Waals surface area contributed by atoms with Crippen molar-refractivity contribution in [2.75, 3.05) is 37.9 Å². The third-order valence-electron chi connectivity index (χ3n) is 4.19. The molecule has 0 aliphatic heterocycles. The van der Waals surface area contributed by atoms with Crippen LogP contribution >= 0.6 is 11.6 Å². The molecule has 2 rings (SSSR count).